The maximum absolute atomic E-state index is 2.67. The van der Waals surface area contributed by atoms with E-state index in [-0.39, 0.29) is 5.41 Å². The van der Waals surface area contributed by atoms with Gasteiger partial charge < -0.3 is 4.57 Å². The Morgan fingerprint density at radius 1 is 0.632 bits per heavy atom. The van der Waals surface area contributed by atoms with Crippen molar-refractivity contribution in [3.05, 3.63) is 213 Å². The molecule has 7 aromatic rings. The standard InChI is InChI=1S/C55H45NS/c1-3-55(4-2)48-31-34(22-27-38(48)39-29-24-36(33-49(39)55)56-50-19-11-9-13-40(50)41-14-10-12-20-51(41)56)21-25-37-26-30-52(57-37)35-23-28-46-47(32-35)54-44-17-7-5-15-42(44)53(46)43-16-6-8-18-45(43)54/h5-29,31-33,46-47,52-54H,3-4,30H2,1-2H3/b25-21+. The van der Waals surface area contributed by atoms with Crippen molar-refractivity contribution in [1.29, 1.82) is 0 Å². The molecule has 276 valence electrons. The zero-order valence-corrected chi connectivity index (χ0v) is 33.3. The largest absolute Gasteiger partial charge is 0.309 e. The van der Waals surface area contributed by atoms with Crippen LogP contribution in [0.4, 0.5) is 0 Å². The van der Waals surface area contributed by atoms with Crippen molar-refractivity contribution in [2.24, 2.45) is 11.8 Å². The molecular formula is C55H45NS. The van der Waals surface area contributed by atoms with Gasteiger partial charge in [0.25, 0.3) is 0 Å². The van der Waals surface area contributed by atoms with Gasteiger partial charge in [0.05, 0.1) is 11.0 Å². The third kappa shape index (κ3) is 4.77. The molecule has 2 bridgehead atoms. The molecule has 2 heteroatoms. The zero-order valence-electron chi connectivity index (χ0n) is 32.5. The number of nitrogens with zero attached hydrogens (tertiary/aromatic N) is 1. The minimum absolute atomic E-state index is 0.0208. The molecule has 6 aromatic carbocycles. The fourth-order valence-corrected chi connectivity index (χ4v) is 13.0. The molecule has 1 aliphatic heterocycles. The molecule has 3 unspecified atom stereocenters. The lowest BCUT2D eigenvalue weighted by Crippen LogP contribution is -2.39. The average molecular weight is 752 g/mol. The quantitative estimate of drug-likeness (QED) is 0.164. The first kappa shape index (κ1) is 33.6. The molecular weight excluding hydrogens is 707 g/mol. The van der Waals surface area contributed by atoms with Gasteiger partial charge in [-0.2, -0.15) is 0 Å². The van der Waals surface area contributed by atoms with Gasteiger partial charge in [-0.3, -0.25) is 0 Å². The molecule has 6 aliphatic rings. The second-order valence-electron chi connectivity index (χ2n) is 16.9. The van der Waals surface area contributed by atoms with Gasteiger partial charge in [-0.05, 0) is 117 Å². The van der Waals surface area contributed by atoms with Crippen LogP contribution in [0.25, 0.3) is 44.7 Å². The highest BCUT2D eigenvalue weighted by molar-refractivity contribution is 8.04. The number of thioether (sulfide) groups is 1. The Labute approximate surface area is 340 Å². The molecule has 0 N–H and O–H groups in total. The molecule has 1 aromatic heterocycles. The summed E-state index contributed by atoms with van der Waals surface area (Å²) in [6, 6.07) is 50.6. The van der Waals surface area contributed by atoms with Gasteiger partial charge in [-0.25, -0.2) is 0 Å². The van der Waals surface area contributed by atoms with Crippen molar-refractivity contribution in [1.82, 2.24) is 4.57 Å². The number of para-hydroxylation sites is 2. The van der Waals surface area contributed by atoms with Crippen molar-refractivity contribution in [2.45, 2.75) is 55.6 Å². The van der Waals surface area contributed by atoms with Crippen molar-refractivity contribution in [3.63, 3.8) is 0 Å². The molecule has 0 fully saturated rings. The number of fused-ring (bicyclic) bond motifs is 6. The minimum atomic E-state index is -0.0208. The third-order valence-corrected chi connectivity index (χ3v) is 15.8. The van der Waals surface area contributed by atoms with Crippen LogP contribution in [0.1, 0.15) is 83.9 Å². The highest BCUT2D eigenvalue weighted by Crippen LogP contribution is 2.61. The Balaban J connectivity index is 0.823. The second kappa shape index (κ2) is 12.7. The van der Waals surface area contributed by atoms with E-state index in [1.165, 1.54) is 65.8 Å². The van der Waals surface area contributed by atoms with Crippen LogP contribution >= 0.6 is 11.8 Å². The summed E-state index contributed by atoms with van der Waals surface area (Å²) in [5.41, 5.74) is 18.5. The van der Waals surface area contributed by atoms with Crippen molar-refractivity contribution in [3.8, 4) is 16.8 Å². The molecule has 1 nitrogen and oxygen atoms in total. The van der Waals surface area contributed by atoms with Crippen LogP contribution < -0.4 is 0 Å². The van der Waals surface area contributed by atoms with E-state index in [1.54, 1.807) is 22.3 Å². The highest BCUT2D eigenvalue weighted by Gasteiger charge is 2.49. The summed E-state index contributed by atoms with van der Waals surface area (Å²) in [6.07, 6.45) is 18.1. The SMILES string of the molecule is CCC1(CC)c2cc(/C=C/C3=CCC(C4=CC5C6c7ccccc7C(c7ccccc76)C5C=C4)S3)ccc2-c2ccc(-n3c4ccccc4c4ccccc43)cc21. The topological polar surface area (TPSA) is 4.93 Å². The van der Waals surface area contributed by atoms with Gasteiger partial charge in [0.1, 0.15) is 0 Å². The van der Waals surface area contributed by atoms with Gasteiger partial charge in [0.15, 0.2) is 0 Å². The lowest BCUT2D eigenvalue weighted by atomic mass is 9.53. The summed E-state index contributed by atoms with van der Waals surface area (Å²) in [5, 5.41) is 3.08. The molecule has 2 heterocycles. The Kier molecular flexibility index (Phi) is 7.49. The Bertz CT molecular complexity index is 2830. The zero-order chi connectivity index (χ0) is 37.8. The van der Waals surface area contributed by atoms with Crippen LogP contribution in [-0.4, -0.2) is 9.82 Å². The molecule has 0 saturated heterocycles. The normalized spacial score (nSPS) is 23.3. The third-order valence-electron chi connectivity index (χ3n) is 14.5. The maximum atomic E-state index is 2.67. The number of aromatic nitrogens is 1. The van der Waals surface area contributed by atoms with Crippen molar-refractivity contribution >= 4 is 39.6 Å². The Hall–Kier alpha value is -5.57. The van der Waals surface area contributed by atoms with Crippen LogP contribution in [-0.2, 0) is 5.41 Å². The van der Waals surface area contributed by atoms with Crippen LogP contribution in [0.15, 0.2) is 174 Å². The Morgan fingerprint density at radius 2 is 1.21 bits per heavy atom. The van der Waals surface area contributed by atoms with Crippen LogP contribution in [0.3, 0.4) is 0 Å². The van der Waals surface area contributed by atoms with E-state index in [1.807, 2.05) is 11.8 Å². The monoisotopic (exact) mass is 751 g/mol. The first-order chi connectivity index (χ1) is 28.1. The first-order valence-corrected chi connectivity index (χ1v) is 21.9. The predicted molar refractivity (Wildman–Crippen MR) is 241 cm³/mol. The van der Waals surface area contributed by atoms with E-state index in [0.29, 0.717) is 28.9 Å². The van der Waals surface area contributed by atoms with E-state index < -0.39 is 0 Å². The summed E-state index contributed by atoms with van der Waals surface area (Å²) < 4.78 is 2.47. The summed E-state index contributed by atoms with van der Waals surface area (Å²) in [6.45, 7) is 4.76. The summed E-state index contributed by atoms with van der Waals surface area (Å²) in [5.74, 6) is 1.95. The fraction of sp³-hybridized carbons (Fsp3) is 0.200. The van der Waals surface area contributed by atoms with Crippen molar-refractivity contribution in [2.75, 3.05) is 0 Å². The lowest BCUT2D eigenvalue weighted by Gasteiger charge is -2.50. The van der Waals surface area contributed by atoms with Gasteiger partial charge >= 0.3 is 0 Å². The first-order valence-electron chi connectivity index (χ1n) is 21.1. The number of benzene rings is 6. The molecule has 0 spiro atoms. The van der Waals surface area contributed by atoms with Gasteiger partial charge in [0.2, 0.25) is 0 Å². The summed E-state index contributed by atoms with van der Waals surface area (Å²) in [4.78, 5) is 1.38. The number of hydrogen-bond donors (Lipinski definition) is 0. The number of allylic oxidation sites excluding steroid dienone is 5. The Morgan fingerprint density at radius 3 is 1.86 bits per heavy atom. The highest BCUT2D eigenvalue weighted by atomic mass is 32.2. The van der Waals surface area contributed by atoms with Gasteiger partial charge in [-0.1, -0.05) is 153 Å². The van der Waals surface area contributed by atoms with E-state index in [2.05, 4.69) is 188 Å². The molecule has 3 atom stereocenters. The van der Waals surface area contributed by atoms with Gasteiger partial charge in [0, 0.05) is 43.9 Å². The molecule has 0 amide bonds. The molecule has 57 heavy (non-hydrogen) atoms. The fourth-order valence-electron chi connectivity index (χ4n) is 11.9. The van der Waals surface area contributed by atoms with E-state index in [0.717, 1.165) is 19.3 Å². The average Bonchev–Trinajstić information content (AvgIpc) is 3.96. The van der Waals surface area contributed by atoms with E-state index >= 15 is 0 Å². The molecule has 5 aliphatic carbocycles. The predicted octanol–water partition coefficient (Wildman–Crippen LogP) is 14.3. The van der Waals surface area contributed by atoms with Crippen LogP contribution in [0.5, 0.6) is 0 Å². The van der Waals surface area contributed by atoms with Gasteiger partial charge in [-0.15, -0.1) is 11.8 Å². The van der Waals surface area contributed by atoms with Crippen LogP contribution in [0.2, 0.25) is 0 Å². The summed E-state index contributed by atoms with van der Waals surface area (Å²) in [7, 11) is 0. The van der Waals surface area contributed by atoms with E-state index in [9.17, 15) is 0 Å². The lowest BCUT2D eigenvalue weighted by molar-refractivity contribution is 0.329. The van der Waals surface area contributed by atoms with Crippen LogP contribution in [0, 0.1) is 11.8 Å². The molecule has 0 radical (unpaired) electrons. The summed E-state index contributed by atoms with van der Waals surface area (Å²) >= 11 is 2.05. The minimum Gasteiger partial charge on any atom is -0.309 e. The molecule has 0 saturated carbocycles. The number of rotatable bonds is 6. The molecule has 13 rings (SSSR count). The van der Waals surface area contributed by atoms with E-state index in [4.69, 9.17) is 0 Å². The number of hydrogen-bond acceptors (Lipinski definition) is 1. The maximum Gasteiger partial charge on any atom is 0.0541 e. The van der Waals surface area contributed by atoms with Crippen molar-refractivity contribution < 1.29 is 0 Å². The smallest absolute Gasteiger partial charge is 0.0541 e. The second-order valence-corrected chi connectivity index (χ2v) is 18.1.